The van der Waals surface area contributed by atoms with E-state index < -0.39 is 0 Å². The Morgan fingerprint density at radius 2 is 2.11 bits per heavy atom. The van der Waals surface area contributed by atoms with Crippen molar-refractivity contribution in [3.63, 3.8) is 0 Å². The molecule has 0 heterocycles. The number of hydrogen-bond donors (Lipinski definition) is 5. The third-order valence-electron chi connectivity index (χ3n) is 0.525. The van der Waals surface area contributed by atoms with Crippen molar-refractivity contribution in [2.24, 2.45) is 5.10 Å². The van der Waals surface area contributed by atoms with Crippen LogP contribution in [0.2, 0.25) is 0 Å². The molecule has 54 valence electrons. The molecule has 0 aliphatic rings. The van der Waals surface area contributed by atoms with E-state index in [1.807, 2.05) is 6.92 Å². The van der Waals surface area contributed by atoms with Gasteiger partial charge in [-0.05, 0) is 0 Å². The fourth-order valence-electron chi connectivity index (χ4n) is 0.231. The molecule has 0 aromatic carbocycles. The fourth-order valence-corrected chi connectivity index (χ4v) is 0.231. The highest BCUT2D eigenvalue weighted by Crippen LogP contribution is 1.39. The van der Waals surface area contributed by atoms with Crippen molar-refractivity contribution in [3.05, 3.63) is 0 Å². The van der Waals surface area contributed by atoms with E-state index >= 15 is 0 Å². The number of hydrazine groups is 4. The molecule has 0 rings (SSSR count). The molecule has 0 aliphatic heterocycles. The lowest BCUT2D eigenvalue weighted by atomic mass is 10.8. The lowest BCUT2D eigenvalue weighted by Gasteiger charge is -2.05. The van der Waals surface area contributed by atoms with Gasteiger partial charge in [0.2, 0.25) is 0 Å². The molecular weight excluding hydrogens is 120 g/mol. The van der Waals surface area contributed by atoms with Gasteiger partial charge in [0.15, 0.2) is 0 Å². The smallest absolute Gasteiger partial charge is 0.0121 e. The number of nitrogens with zero attached hydrogens (tertiary/aromatic N) is 1. The molecule has 0 saturated heterocycles. The van der Waals surface area contributed by atoms with E-state index in [-0.39, 0.29) is 0 Å². The van der Waals surface area contributed by atoms with E-state index in [2.05, 4.69) is 39.4 Å². The molecule has 6 heteroatoms. The molecule has 0 aromatic heterocycles. The molecule has 0 bridgehead atoms. The van der Waals surface area contributed by atoms with Crippen LogP contribution in [0, 0.1) is 0 Å². The first kappa shape index (κ1) is 8.31. The summed E-state index contributed by atoms with van der Waals surface area (Å²) in [5, 5.41) is 3.29. The van der Waals surface area contributed by atoms with Gasteiger partial charge in [0.1, 0.15) is 0 Å². The molecule has 0 saturated carbocycles. The summed E-state index contributed by atoms with van der Waals surface area (Å²) in [6.45, 7) is 5.96. The van der Waals surface area contributed by atoms with Crippen molar-refractivity contribution in [3.8, 4) is 0 Å². The van der Waals surface area contributed by atoms with Crippen molar-refractivity contribution in [1.29, 1.82) is 0 Å². The molecule has 0 atom stereocenters. The Morgan fingerprint density at radius 1 is 1.33 bits per heavy atom. The third-order valence-corrected chi connectivity index (χ3v) is 0.525. The first-order valence-electron chi connectivity index (χ1n) is 2.60. The SMILES string of the molecule is C=NNNNNNCC. The fraction of sp³-hybridized carbons (Fsp3) is 0.667. The number of hydrogen-bond acceptors (Lipinski definition) is 6. The Bertz CT molecular complexity index is 63.3. The van der Waals surface area contributed by atoms with Crippen molar-refractivity contribution in [1.82, 2.24) is 27.6 Å². The lowest BCUT2D eigenvalue weighted by molar-refractivity contribution is 0.335. The topological polar surface area (TPSA) is 72.5 Å². The van der Waals surface area contributed by atoms with Gasteiger partial charge < -0.3 is 0 Å². The van der Waals surface area contributed by atoms with Gasteiger partial charge in [-0.15, -0.1) is 5.53 Å². The molecule has 0 amide bonds. The Balaban J connectivity index is 2.66. The van der Waals surface area contributed by atoms with Crippen LogP contribution in [0.25, 0.3) is 0 Å². The van der Waals surface area contributed by atoms with Crippen molar-refractivity contribution >= 4 is 6.72 Å². The summed E-state index contributed by atoms with van der Waals surface area (Å²) in [4.78, 5) is 0. The summed E-state index contributed by atoms with van der Waals surface area (Å²) in [5.74, 6) is 0. The van der Waals surface area contributed by atoms with Crippen molar-refractivity contribution in [2.45, 2.75) is 6.92 Å². The van der Waals surface area contributed by atoms with Crippen LogP contribution >= 0.6 is 0 Å². The van der Waals surface area contributed by atoms with Crippen molar-refractivity contribution in [2.75, 3.05) is 6.54 Å². The van der Waals surface area contributed by atoms with Crippen LogP contribution in [-0.2, 0) is 0 Å². The number of hydrazone groups is 1. The zero-order valence-electron chi connectivity index (χ0n) is 5.36. The van der Waals surface area contributed by atoms with Gasteiger partial charge >= 0.3 is 0 Å². The molecule has 0 aromatic rings. The van der Waals surface area contributed by atoms with Gasteiger partial charge in [0.25, 0.3) is 0 Å². The maximum atomic E-state index is 3.29. The molecular formula is C3H12N6. The second-order valence-electron chi connectivity index (χ2n) is 1.18. The van der Waals surface area contributed by atoms with Gasteiger partial charge in [-0.1, -0.05) is 6.92 Å². The predicted molar refractivity (Wildman–Crippen MR) is 35.8 cm³/mol. The first-order chi connectivity index (χ1) is 4.41. The average molecular weight is 132 g/mol. The minimum Gasteiger partial charge on any atom is -0.243 e. The van der Waals surface area contributed by atoms with E-state index in [1.54, 1.807) is 0 Å². The molecule has 5 N–H and O–H groups in total. The molecule has 0 radical (unpaired) electrons. The summed E-state index contributed by atoms with van der Waals surface area (Å²) in [7, 11) is 0. The van der Waals surface area contributed by atoms with Crippen molar-refractivity contribution < 1.29 is 0 Å². The van der Waals surface area contributed by atoms with Crippen LogP contribution in [0.1, 0.15) is 6.92 Å². The predicted octanol–water partition coefficient (Wildman–Crippen LogP) is -1.77. The highest BCUT2D eigenvalue weighted by molar-refractivity contribution is 5.21. The van der Waals surface area contributed by atoms with E-state index in [4.69, 9.17) is 0 Å². The maximum absolute atomic E-state index is 3.29. The maximum Gasteiger partial charge on any atom is 0.0121 e. The van der Waals surface area contributed by atoms with E-state index in [9.17, 15) is 0 Å². The van der Waals surface area contributed by atoms with Crippen LogP contribution in [0.4, 0.5) is 0 Å². The number of nitrogens with one attached hydrogen (secondary N) is 5. The highest BCUT2D eigenvalue weighted by Gasteiger charge is 1.73. The molecule has 6 nitrogen and oxygen atoms in total. The molecule has 0 aliphatic carbocycles. The third kappa shape index (κ3) is 7.31. The summed E-state index contributed by atoms with van der Waals surface area (Å²) < 4.78 is 0. The van der Waals surface area contributed by atoms with Gasteiger partial charge in [0.05, 0.1) is 0 Å². The lowest BCUT2D eigenvalue weighted by Crippen LogP contribution is -2.54. The molecule has 0 spiro atoms. The van der Waals surface area contributed by atoms with Crippen LogP contribution in [-0.4, -0.2) is 13.3 Å². The second-order valence-corrected chi connectivity index (χ2v) is 1.18. The van der Waals surface area contributed by atoms with Gasteiger partial charge in [0, 0.05) is 13.3 Å². The molecule has 9 heavy (non-hydrogen) atoms. The number of rotatable bonds is 6. The standard InChI is InChI=1S/C3H12N6/c1-3-5-7-9-8-6-4-2/h5-9H,2-3H2,1H3. The Kier molecular flexibility index (Phi) is 6.75. The minimum absolute atomic E-state index is 0.830. The van der Waals surface area contributed by atoms with E-state index in [0.29, 0.717) is 0 Å². The summed E-state index contributed by atoms with van der Waals surface area (Å²) in [5.41, 5.74) is 12.7. The highest BCUT2D eigenvalue weighted by atomic mass is 15.8. The molecule has 0 fully saturated rings. The Morgan fingerprint density at radius 3 is 2.67 bits per heavy atom. The van der Waals surface area contributed by atoms with E-state index in [0.717, 1.165) is 6.54 Å². The summed E-state index contributed by atoms with van der Waals surface area (Å²) in [6.07, 6.45) is 0. The van der Waals surface area contributed by atoms with Crippen LogP contribution < -0.4 is 27.6 Å². The van der Waals surface area contributed by atoms with Gasteiger partial charge in [-0.25, -0.2) is 11.0 Å². The average Bonchev–Trinajstić information content (AvgIpc) is 1.89. The Labute approximate surface area is 54.0 Å². The summed E-state index contributed by atoms with van der Waals surface area (Å²) >= 11 is 0. The second kappa shape index (κ2) is 7.31. The largest absolute Gasteiger partial charge is 0.243 e. The van der Waals surface area contributed by atoms with Crippen LogP contribution in [0.15, 0.2) is 5.10 Å². The van der Waals surface area contributed by atoms with E-state index in [1.165, 1.54) is 0 Å². The first-order valence-corrected chi connectivity index (χ1v) is 2.60. The van der Waals surface area contributed by atoms with Crippen LogP contribution in [0.3, 0.4) is 0 Å². The van der Waals surface area contributed by atoms with Gasteiger partial charge in [-0.2, -0.15) is 16.2 Å². The monoisotopic (exact) mass is 132 g/mol. The quantitative estimate of drug-likeness (QED) is 0.168. The zero-order valence-corrected chi connectivity index (χ0v) is 5.36. The normalized spacial score (nSPS) is 9.00. The summed E-state index contributed by atoms with van der Waals surface area (Å²) in [6, 6.07) is 0. The van der Waals surface area contributed by atoms with Gasteiger partial charge in [-0.3, -0.25) is 0 Å². The molecule has 0 unspecified atom stereocenters. The zero-order chi connectivity index (χ0) is 6.95. The van der Waals surface area contributed by atoms with Crippen LogP contribution in [0.5, 0.6) is 0 Å². The minimum atomic E-state index is 0.830. The Hall–Kier alpha value is -0.690.